The molecule has 5 nitrogen and oxygen atoms in total. The lowest BCUT2D eigenvalue weighted by atomic mass is 10.1. The van der Waals surface area contributed by atoms with Crippen LogP contribution in [0, 0.1) is 0 Å². The number of rotatable bonds is 6. The van der Waals surface area contributed by atoms with Crippen molar-refractivity contribution in [3.8, 4) is 28.3 Å². The third-order valence-corrected chi connectivity index (χ3v) is 4.77. The summed E-state index contributed by atoms with van der Waals surface area (Å²) in [7, 11) is 0. The van der Waals surface area contributed by atoms with Gasteiger partial charge < -0.3 is 4.74 Å². The van der Waals surface area contributed by atoms with Gasteiger partial charge in [-0.05, 0) is 23.8 Å². The number of carbonyl (C=O) groups is 1. The Morgan fingerprint density at radius 2 is 1.71 bits per heavy atom. The Bertz CT molecular complexity index is 1070. The van der Waals surface area contributed by atoms with Gasteiger partial charge in [-0.2, -0.15) is 0 Å². The van der Waals surface area contributed by atoms with E-state index >= 15 is 0 Å². The Hall–Kier alpha value is -3.51. The number of anilines is 1. The van der Waals surface area contributed by atoms with Crippen molar-refractivity contribution in [1.29, 1.82) is 0 Å². The molecule has 0 saturated carbocycles. The summed E-state index contributed by atoms with van der Waals surface area (Å²) < 4.78 is 5.77. The highest BCUT2D eigenvalue weighted by Gasteiger charge is 2.11. The fourth-order valence-electron chi connectivity index (χ4n) is 2.71. The van der Waals surface area contributed by atoms with Gasteiger partial charge in [0.1, 0.15) is 11.4 Å². The Morgan fingerprint density at radius 3 is 2.54 bits per heavy atom. The maximum Gasteiger partial charge on any atom is 0.264 e. The normalized spacial score (nSPS) is 10.4. The molecule has 4 rings (SSSR count). The van der Waals surface area contributed by atoms with Gasteiger partial charge in [-0.25, -0.2) is 4.98 Å². The first-order valence-electron chi connectivity index (χ1n) is 8.73. The SMILES string of the molecule is O=C(COc1ccccc1-c1ccccc1)Nc1nc(-c2ccccn2)cs1. The van der Waals surface area contributed by atoms with Crippen molar-refractivity contribution < 1.29 is 9.53 Å². The predicted octanol–water partition coefficient (Wildman–Crippen LogP) is 4.89. The average molecular weight is 387 g/mol. The van der Waals surface area contributed by atoms with Crippen LogP contribution in [-0.2, 0) is 4.79 Å². The number of aromatic nitrogens is 2. The lowest BCUT2D eigenvalue weighted by molar-refractivity contribution is -0.118. The highest BCUT2D eigenvalue weighted by molar-refractivity contribution is 7.14. The maximum atomic E-state index is 12.3. The second kappa shape index (κ2) is 8.45. The zero-order chi connectivity index (χ0) is 19.2. The molecular weight excluding hydrogens is 370 g/mol. The minimum Gasteiger partial charge on any atom is -0.483 e. The smallest absolute Gasteiger partial charge is 0.264 e. The molecule has 0 radical (unpaired) electrons. The van der Waals surface area contributed by atoms with Crippen LogP contribution >= 0.6 is 11.3 Å². The number of pyridine rings is 1. The van der Waals surface area contributed by atoms with Crippen LogP contribution in [0.2, 0.25) is 0 Å². The summed E-state index contributed by atoms with van der Waals surface area (Å²) >= 11 is 1.36. The van der Waals surface area contributed by atoms with E-state index < -0.39 is 0 Å². The van der Waals surface area contributed by atoms with Gasteiger partial charge in [0, 0.05) is 17.1 Å². The van der Waals surface area contributed by atoms with Crippen molar-refractivity contribution in [2.45, 2.75) is 0 Å². The second-order valence-corrected chi connectivity index (χ2v) is 6.81. The maximum absolute atomic E-state index is 12.3. The van der Waals surface area contributed by atoms with Crippen molar-refractivity contribution in [2.75, 3.05) is 11.9 Å². The van der Waals surface area contributed by atoms with Crippen LogP contribution in [0.5, 0.6) is 5.75 Å². The predicted molar refractivity (Wildman–Crippen MR) is 111 cm³/mol. The zero-order valence-electron chi connectivity index (χ0n) is 14.9. The third kappa shape index (κ3) is 4.24. The van der Waals surface area contributed by atoms with Crippen LogP contribution in [0.1, 0.15) is 0 Å². The number of thiazole rings is 1. The highest BCUT2D eigenvalue weighted by Crippen LogP contribution is 2.29. The molecule has 28 heavy (non-hydrogen) atoms. The van der Waals surface area contributed by atoms with Gasteiger partial charge in [-0.15, -0.1) is 11.3 Å². The van der Waals surface area contributed by atoms with Gasteiger partial charge >= 0.3 is 0 Å². The van der Waals surface area contributed by atoms with Crippen molar-refractivity contribution in [3.63, 3.8) is 0 Å². The van der Waals surface area contributed by atoms with E-state index in [4.69, 9.17) is 4.74 Å². The molecule has 138 valence electrons. The summed E-state index contributed by atoms with van der Waals surface area (Å²) in [5, 5.41) is 5.16. The van der Waals surface area contributed by atoms with Gasteiger partial charge in [0.25, 0.3) is 5.91 Å². The minimum atomic E-state index is -0.259. The van der Waals surface area contributed by atoms with Crippen molar-refractivity contribution >= 4 is 22.4 Å². The molecule has 0 saturated heterocycles. The molecule has 1 N–H and O–H groups in total. The summed E-state index contributed by atoms with van der Waals surface area (Å²) in [6.45, 7) is -0.0949. The molecular formula is C22H17N3O2S. The van der Waals surface area contributed by atoms with Crippen LogP contribution in [-0.4, -0.2) is 22.5 Å². The number of ether oxygens (including phenoxy) is 1. The molecule has 0 aliphatic heterocycles. The standard InChI is InChI=1S/C22H17N3O2S/c26-21(25-22-24-19(15-28-22)18-11-6-7-13-23-18)14-27-20-12-5-4-10-17(20)16-8-2-1-3-9-16/h1-13,15H,14H2,(H,24,25,26). The number of hydrogen-bond acceptors (Lipinski definition) is 5. The summed E-state index contributed by atoms with van der Waals surface area (Å²) in [6.07, 6.45) is 1.71. The first-order valence-corrected chi connectivity index (χ1v) is 9.61. The van der Waals surface area contributed by atoms with E-state index in [0.29, 0.717) is 10.9 Å². The van der Waals surface area contributed by atoms with Crippen LogP contribution in [0.15, 0.2) is 84.4 Å². The van der Waals surface area contributed by atoms with Crippen LogP contribution in [0.4, 0.5) is 5.13 Å². The van der Waals surface area contributed by atoms with Crippen LogP contribution in [0.3, 0.4) is 0 Å². The van der Waals surface area contributed by atoms with E-state index in [0.717, 1.165) is 22.5 Å². The number of hydrogen-bond donors (Lipinski definition) is 1. The zero-order valence-corrected chi connectivity index (χ0v) is 15.7. The number of para-hydroxylation sites is 1. The monoisotopic (exact) mass is 387 g/mol. The minimum absolute atomic E-state index is 0.0949. The first-order chi connectivity index (χ1) is 13.8. The van der Waals surface area contributed by atoms with Crippen molar-refractivity contribution in [3.05, 3.63) is 84.4 Å². The number of nitrogens with zero attached hydrogens (tertiary/aromatic N) is 2. The highest BCUT2D eigenvalue weighted by atomic mass is 32.1. The summed E-state index contributed by atoms with van der Waals surface area (Å²) in [6, 6.07) is 23.2. The Morgan fingerprint density at radius 1 is 0.929 bits per heavy atom. The van der Waals surface area contributed by atoms with E-state index in [2.05, 4.69) is 15.3 Å². The molecule has 4 aromatic rings. The largest absolute Gasteiger partial charge is 0.483 e. The fourth-order valence-corrected chi connectivity index (χ4v) is 3.43. The van der Waals surface area contributed by atoms with Crippen LogP contribution < -0.4 is 10.1 Å². The topological polar surface area (TPSA) is 64.1 Å². The summed E-state index contributed by atoms with van der Waals surface area (Å²) in [5.41, 5.74) is 3.49. The number of carbonyl (C=O) groups excluding carboxylic acids is 1. The average Bonchev–Trinajstić information content (AvgIpc) is 3.22. The van der Waals surface area contributed by atoms with E-state index in [9.17, 15) is 4.79 Å². The summed E-state index contributed by atoms with van der Waals surface area (Å²) in [5.74, 6) is 0.405. The fraction of sp³-hybridized carbons (Fsp3) is 0.0455. The number of nitrogens with one attached hydrogen (secondary N) is 1. The van der Waals surface area contributed by atoms with Crippen molar-refractivity contribution in [1.82, 2.24) is 9.97 Å². The Balaban J connectivity index is 1.40. The van der Waals surface area contributed by atoms with Gasteiger partial charge in [-0.1, -0.05) is 54.6 Å². The Kier molecular flexibility index (Phi) is 5.40. The van der Waals surface area contributed by atoms with E-state index in [1.807, 2.05) is 78.2 Å². The van der Waals surface area contributed by atoms with E-state index in [-0.39, 0.29) is 12.5 Å². The van der Waals surface area contributed by atoms with Gasteiger partial charge in [0.15, 0.2) is 11.7 Å². The molecule has 0 fully saturated rings. The molecule has 2 aromatic heterocycles. The van der Waals surface area contributed by atoms with Gasteiger partial charge in [0.05, 0.1) is 5.69 Å². The molecule has 6 heteroatoms. The molecule has 2 heterocycles. The number of benzene rings is 2. The lowest BCUT2D eigenvalue weighted by Crippen LogP contribution is -2.20. The molecule has 1 amide bonds. The first kappa shape index (κ1) is 17.9. The molecule has 0 atom stereocenters. The molecule has 0 spiro atoms. The molecule has 0 unspecified atom stereocenters. The lowest BCUT2D eigenvalue weighted by Gasteiger charge is -2.11. The molecule has 2 aromatic carbocycles. The third-order valence-electron chi connectivity index (χ3n) is 4.01. The second-order valence-electron chi connectivity index (χ2n) is 5.95. The van der Waals surface area contributed by atoms with Gasteiger partial charge in [0.2, 0.25) is 0 Å². The Labute approximate surface area is 166 Å². The quantitative estimate of drug-likeness (QED) is 0.512. The van der Waals surface area contributed by atoms with Gasteiger partial charge in [-0.3, -0.25) is 15.1 Å². The van der Waals surface area contributed by atoms with Crippen molar-refractivity contribution in [2.24, 2.45) is 0 Å². The number of amides is 1. The molecule has 0 aliphatic carbocycles. The molecule has 0 bridgehead atoms. The molecule has 0 aliphatic rings. The van der Waals surface area contributed by atoms with E-state index in [1.165, 1.54) is 11.3 Å². The summed E-state index contributed by atoms with van der Waals surface area (Å²) in [4.78, 5) is 21.0. The van der Waals surface area contributed by atoms with E-state index in [1.54, 1.807) is 6.20 Å². The van der Waals surface area contributed by atoms with Crippen LogP contribution in [0.25, 0.3) is 22.5 Å².